The van der Waals surface area contributed by atoms with Crippen LogP contribution in [0.15, 0.2) is 0 Å². The summed E-state index contributed by atoms with van der Waals surface area (Å²) in [6.07, 6.45) is 3.88. The first kappa shape index (κ1) is 24.3. The summed E-state index contributed by atoms with van der Waals surface area (Å²) in [7, 11) is -2.30. The lowest BCUT2D eigenvalue weighted by Gasteiger charge is -2.27. The number of aliphatic hydroxyl groups excluding tert-OH is 1. The molecule has 0 fully saturated rings. The minimum Gasteiger partial charge on any atom is -0.379 e. The standard InChI is InChI=1S/C9H22O3Si.C7H17NO/c1-5-9-13(10-6-2,11-7-3)12-8-4;1-3-5-6-8-7(9)4-2/h5-9H2,1-4H3;7-9H,3-6H2,1-2H3. The molecule has 0 aliphatic heterocycles. The van der Waals surface area contributed by atoms with Crippen LogP contribution in [0.1, 0.15) is 67.2 Å². The van der Waals surface area contributed by atoms with Gasteiger partial charge in [0.2, 0.25) is 0 Å². The lowest BCUT2D eigenvalue weighted by molar-refractivity contribution is 0.0711. The van der Waals surface area contributed by atoms with Gasteiger partial charge in [-0.05, 0) is 40.2 Å². The van der Waals surface area contributed by atoms with Crippen molar-refractivity contribution in [3.63, 3.8) is 0 Å². The molecule has 0 amide bonds. The zero-order valence-electron chi connectivity index (χ0n) is 15.6. The summed E-state index contributed by atoms with van der Waals surface area (Å²) in [5, 5.41) is 12.0. The predicted octanol–water partition coefficient (Wildman–Crippen LogP) is 3.55. The van der Waals surface area contributed by atoms with Crippen molar-refractivity contribution < 1.29 is 18.4 Å². The Morgan fingerprint density at radius 3 is 1.68 bits per heavy atom. The molecule has 2 N–H and O–H groups in total. The van der Waals surface area contributed by atoms with Crippen molar-refractivity contribution in [1.29, 1.82) is 0 Å². The van der Waals surface area contributed by atoms with E-state index in [1.807, 2.05) is 27.7 Å². The van der Waals surface area contributed by atoms with Crippen LogP contribution in [-0.4, -0.2) is 46.5 Å². The molecule has 5 nitrogen and oxygen atoms in total. The number of unbranched alkanes of at least 4 members (excludes halogenated alkanes) is 1. The molecule has 136 valence electrons. The Morgan fingerprint density at radius 1 is 0.864 bits per heavy atom. The average Bonchev–Trinajstić information content (AvgIpc) is 2.49. The molecule has 0 bridgehead atoms. The first-order valence-corrected chi connectivity index (χ1v) is 10.8. The van der Waals surface area contributed by atoms with E-state index in [4.69, 9.17) is 18.4 Å². The monoisotopic (exact) mass is 337 g/mol. The maximum absolute atomic E-state index is 8.97. The van der Waals surface area contributed by atoms with E-state index < -0.39 is 8.80 Å². The van der Waals surface area contributed by atoms with E-state index in [9.17, 15) is 0 Å². The van der Waals surface area contributed by atoms with E-state index in [1.165, 1.54) is 6.42 Å². The van der Waals surface area contributed by atoms with Crippen molar-refractivity contribution in [2.24, 2.45) is 0 Å². The molecule has 0 aliphatic rings. The van der Waals surface area contributed by atoms with Gasteiger partial charge in [-0.3, -0.25) is 5.32 Å². The van der Waals surface area contributed by atoms with Crippen LogP contribution in [0.2, 0.25) is 6.04 Å². The van der Waals surface area contributed by atoms with E-state index >= 15 is 0 Å². The Bertz CT molecular complexity index is 191. The molecule has 0 heterocycles. The fraction of sp³-hybridized carbons (Fsp3) is 1.00. The smallest absolute Gasteiger partial charge is 0.379 e. The Kier molecular flexibility index (Phi) is 19.2. The van der Waals surface area contributed by atoms with Gasteiger partial charge in [0, 0.05) is 25.9 Å². The Balaban J connectivity index is 0. The largest absolute Gasteiger partial charge is 0.500 e. The molecule has 1 atom stereocenters. The molecule has 0 saturated carbocycles. The van der Waals surface area contributed by atoms with Crippen LogP contribution in [0.25, 0.3) is 0 Å². The van der Waals surface area contributed by atoms with E-state index in [0.717, 1.165) is 31.9 Å². The molecular formula is C16H39NO4Si. The highest BCUT2D eigenvalue weighted by atomic mass is 28.4. The van der Waals surface area contributed by atoms with Crippen molar-refractivity contribution >= 4 is 8.80 Å². The Hall–Kier alpha value is 0.0169. The van der Waals surface area contributed by atoms with Crippen molar-refractivity contribution in [3.05, 3.63) is 0 Å². The van der Waals surface area contributed by atoms with Gasteiger partial charge in [0.1, 0.15) is 6.23 Å². The summed E-state index contributed by atoms with van der Waals surface area (Å²) >= 11 is 0. The van der Waals surface area contributed by atoms with E-state index in [2.05, 4.69) is 19.2 Å². The molecule has 22 heavy (non-hydrogen) atoms. The summed E-state index contributed by atoms with van der Waals surface area (Å²) in [5.41, 5.74) is 0. The van der Waals surface area contributed by atoms with Gasteiger partial charge in [-0.2, -0.15) is 0 Å². The molecule has 0 aromatic heterocycles. The molecule has 0 aromatic carbocycles. The minimum absolute atomic E-state index is 0.295. The topological polar surface area (TPSA) is 60.0 Å². The summed E-state index contributed by atoms with van der Waals surface area (Å²) in [5.74, 6) is 0. The second-order valence-corrected chi connectivity index (χ2v) is 7.70. The van der Waals surface area contributed by atoms with Gasteiger partial charge in [0.15, 0.2) is 0 Å². The highest BCUT2D eigenvalue weighted by Crippen LogP contribution is 2.17. The van der Waals surface area contributed by atoms with Gasteiger partial charge in [-0.1, -0.05) is 33.6 Å². The predicted molar refractivity (Wildman–Crippen MR) is 94.9 cm³/mol. The van der Waals surface area contributed by atoms with Crippen LogP contribution >= 0.6 is 0 Å². The average molecular weight is 338 g/mol. The number of hydrogen-bond donors (Lipinski definition) is 2. The van der Waals surface area contributed by atoms with Gasteiger partial charge in [-0.25, -0.2) is 0 Å². The number of rotatable bonds is 13. The van der Waals surface area contributed by atoms with Crippen LogP contribution in [0, 0.1) is 0 Å². The summed E-state index contributed by atoms with van der Waals surface area (Å²) in [6.45, 7) is 15.1. The maximum Gasteiger partial charge on any atom is 0.500 e. The van der Waals surface area contributed by atoms with Crippen molar-refractivity contribution in [2.75, 3.05) is 26.4 Å². The SMILES string of the molecule is CCCCNC(O)CC.CCC[Si](OCC)(OCC)OCC. The fourth-order valence-corrected chi connectivity index (χ4v) is 4.51. The van der Waals surface area contributed by atoms with Gasteiger partial charge in [-0.15, -0.1) is 0 Å². The molecule has 1 unspecified atom stereocenters. The molecule has 0 spiro atoms. The zero-order chi connectivity index (χ0) is 17.3. The molecule has 6 heteroatoms. The van der Waals surface area contributed by atoms with Gasteiger partial charge in [0.05, 0.1) is 0 Å². The zero-order valence-corrected chi connectivity index (χ0v) is 16.6. The second kappa shape index (κ2) is 17.4. The van der Waals surface area contributed by atoms with Gasteiger partial charge < -0.3 is 18.4 Å². The normalized spacial score (nSPS) is 12.7. The molecule has 0 saturated heterocycles. The van der Waals surface area contributed by atoms with Crippen molar-refractivity contribution in [2.45, 2.75) is 79.5 Å². The van der Waals surface area contributed by atoms with E-state index in [-0.39, 0.29) is 6.23 Å². The highest BCUT2D eigenvalue weighted by Gasteiger charge is 2.38. The van der Waals surface area contributed by atoms with E-state index in [0.29, 0.717) is 19.8 Å². The van der Waals surface area contributed by atoms with Crippen LogP contribution < -0.4 is 5.32 Å². The molecule has 0 radical (unpaired) electrons. The first-order chi connectivity index (χ1) is 10.6. The Labute approximate surface area is 139 Å². The van der Waals surface area contributed by atoms with Gasteiger partial charge in [0.25, 0.3) is 0 Å². The lowest BCUT2D eigenvalue weighted by atomic mass is 10.3. The summed E-state index contributed by atoms with van der Waals surface area (Å²) < 4.78 is 16.9. The fourth-order valence-electron chi connectivity index (χ4n) is 1.90. The third kappa shape index (κ3) is 13.7. The third-order valence-electron chi connectivity index (χ3n) is 2.95. The minimum atomic E-state index is -2.30. The van der Waals surface area contributed by atoms with E-state index in [1.54, 1.807) is 0 Å². The summed E-state index contributed by atoms with van der Waals surface area (Å²) in [6, 6.07) is 0.919. The van der Waals surface area contributed by atoms with Crippen LogP contribution in [0.4, 0.5) is 0 Å². The first-order valence-electron chi connectivity index (χ1n) is 8.88. The second-order valence-electron chi connectivity index (χ2n) is 4.96. The Morgan fingerprint density at radius 2 is 1.36 bits per heavy atom. The quantitative estimate of drug-likeness (QED) is 0.306. The molecular weight excluding hydrogens is 298 g/mol. The van der Waals surface area contributed by atoms with Crippen LogP contribution in [-0.2, 0) is 13.3 Å². The van der Waals surface area contributed by atoms with Gasteiger partial charge >= 0.3 is 8.80 Å². The number of hydrogen-bond acceptors (Lipinski definition) is 5. The van der Waals surface area contributed by atoms with Crippen molar-refractivity contribution in [1.82, 2.24) is 5.32 Å². The highest BCUT2D eigenvalue weighted by molar-refractivity contribution is 6.60. The van der Waals surface area contributed by atoms with Crippen LogP contribution in [0.3, 0.4) is 0 Å². The molecule has 0 aromatic rings. The van der Waals surface area contributed by atoms with Crippen LogP contribution in [0.5, 0.6) is 0 Å². The molecule has 0 rings (SSSR count). The number of aliphatic hydroxyl groups is 1. The lowest BCUT2D eigenvalue weighted by Crippen LogP contribution is -2.45. The summed E-state index contributed by atoms with van der Waals surface area (Å²) in [4.78, 5) is 0. The third-order valence-corrected chi connectivity index (χ3v) is 6.24. The van der Waals surface area contributed by atoms with Crippen molar-refractivity contribution in [3.8, 4) is 0 Å². The maximum atomic E-state index is 8.97. The molecule has 0 aliphatic carbocycles. The number of nitrogens with one attached hydrogen (secondary N) is 1.